The number of nitrogens with one attached hydrogen (secondary N) is 1. The average molecular weight is 431 g/mol. The first-order valence-electron chi connectivity index (χ1n) is 9.23. The SMILES string of the molecule is Cc1c(Cl)c(C(F)(F)F)nn1CCC(=O)Nc1cccc(CN2CCOCC2)c1. The Balaban J connectivity index is 1.57. The summed E-state index contributed by atoms with van der Waals surface area (Å²) in [6, 6.07) is 7.51. The highest BCUT2D eigenvalue weighted by Crippen LogP contribution is 2.35. The Bertz CT molecular complexity index is 864. The Morgan fingerprint density at radius 1 is 1.31 bits per heavy atom. The predicted molar refractivity (Wildman–Crippen MR) is 103 cm³/mol. The van der Waals surface area contributed by atoms with Crippen LogP contribution in [0.2, 0.25) is 5.02 Å². The molecule has 0 atom stereocenters. The van der Waals surface area contributed by atoms with Gasteiger partial charge >= 0.3 is 6.18 Å². The molecule has 1 aliphatic rings. The van der Waals surface area contributed by atoms with Crippen LogP contribution in [-0.4, -0.2) is 46.9 Å². The van der Waals surface area contributed by atoms with Gasteiger partial charge in [-0.25, -0.2) is 0 Å². The zero-order valence-electron chi connectivity index (χ0n) is 15.9. The summed E-state index contributed by atoms with van der Waals surface area (Å²) in [6.45, 7) is 5.36. The second-order valence-corrected chi connectivity index (χ2v) is 7.23. The van der Waals surface area contributed by atoms with Crippen LogP contribution in [0.5, 0.6) is 0 Å². The maximum Gasteiger partial charge on any atom is 0.436 e. The molecule has 1 fully saturated rings. The van der Waals surface area contributed by atoms with Gasteiger partial charge in [0.25, 0.3) is 0 Å². The summed E-state index contributed by atoms with van der Waals surface area (Å²) in [7, 11) is 0. The largest absolute Gasteiger partial charge is 0.436 e. The van der Waals surface area contributed by atoms with Gasteiger partial charge in [-0.15, -0.1) is 0 Å². The molecule has 0 unspecified atom stereocenters. The molecule has 2 aromatic rings. The third kappa shape index (κ3) is 5.71. The molecule has 0 aliphatic carbocycles. The van der Waals surface area contributed by atoms with Gasteiger partial charge in [-0.3, -0.25) is 14.4 Å². The standard InChI is InChI=1S/C19H22ClF3N4O2/c1-13-17(20)18(19(21,22)23)25-27(13)6-5-16(28)24-15-4-2-3-14(11-15)12-26-7-9-29-10-8-26/h2-4,11H,5-10,12H2,1H3,(H,24,28). The van der Waals surface area contributed by atoms with Crippen molar-refractivity contribution < 1.29 is 22.7 Å². The van der Waals surface area contributed by atoms with Gasteiger partial charge in [0.15, 0.2) is 5.69 Å². The normalized spacial score (nSPS) is 15.5. The highest BCUT2D eigenvalue weighted by atomic mass is 35.5. The Kier molecular flexibility index (Phi) is 6.81. The van der Waals surface area contributed by atoms with Crippen LogP contribution in [0.4, 0.5) is 18.9 Å². The van der Waals surface area contributed by atoms with Crippen molar-refractivity contribution in [3.05, 3.63) is 46.2 Å². The highest BCUT2D eigenvalue weighted by molar-refractivity contribution is 6.31. The molecule has 1 amide bonds. The first-order chi connectivity index (χ1) is 13.7. The Labute approximate surface area is 171 Å². The van der Waals surface area contributed by atoms with Gasteiger partial charge in [-0.1, -0.05) is 23.7 Å². The number of morpholine rings is 1. The van der Waals surface area contributed by atoms with E-state index in [9.17, 15) is 18.0 Å². The topological polar surface area (TPSA) is 59.4 Å². The van der Waals surface area contributed by atoms with Crippen LogP contribution < -0.4 is 5.32 Å². The van der Waals surface area contributed by atoms with Crippen molar-refractivity contribution >= 4 is 23.2 Å². The monoisotopic (exact) mass is 430 g/mol. The Hall–Kier alpha value is -2.10. The third-order valence-electron chi connectivity index (χ3n) is 4.67. The van der Waals surface area contributed by atoms with E-state index in [-0.39, 0.29) is 24.6 Å². The molecule has 29 heavy (non-hydrogen) atoms. The van der Waals surface area contributed by atoms with E-state index < -0.39 is 16.9 Å². The predicted octanol–water partition coefficient (Wildman–Crippen LogP) is 3.72. The lowest BCUT2D eigenvalue weighted by molar-refractivity contribution is -0.141. The van der Waals surface area contributed by atoms with Crippen molar-refractivity contribution in [3.63, 3.8) is 0 Å². The fraction of sp³-hybridized carbons (Fsp3) is 0.474. The van der Waals surface area contributed by atoms with Crippen molar-refractivity contribution in [2.24, 2.45) is 0 Å². The lowest BCUT2D eigenvalue weighted by atomic mass is 10.1. The first-order valence-corrected chi connectivity index (χ1v) is 9.61. The van der Waals surface area contributed by atoms with Gasteiger partial charge in [0, 0.05) is 31.7 Å². The summed E-state index contributed by atoms with van der Waals surface area (Å²) in [4.78, 5) is 14.5. The number of carbonyl (C=O) groups excluding carboxylic acids is 1. The fourth-order valence-electron chi connectivity index (χ4n) is 3.12. The maximum atomic E-state index is 12.9. The molecule has 1 saturated heterocycles. The number of benzene rings is 1. The molecule has 0 spiro atoms. The molecule has 6 nitrogen and oxygen atoms in total. The summed E-state index contributed by atoms with van der Waals surface area (Å²) < 4.78 is 45.1. The van der Waals surface area contributed by atoms with Crippen molar-refractivity contribution in [2.45, 2.75) is 32.6 Å². The Morgan fingerprint density at radius 3 is 2.69 bits per heavy atom. The molecule has 3 rings (SSSR count). The molecule has 1 N–H and O–H groups in total. The first kappa shape index (κ1) is 21.6. The van der Waals surface area contributed by atoms with Crippen molar-refractivity contribution in [2.75, 3.05) is 31.6 Å². The molecular formula is C19H22ClF3N4O2. The van der Waals surface area contributed by atoms with Gasteiger partial charge in [-0.05, 0) is 24.6 Å². The smallest absolute Gasteiger partial charge is 0.379 e. The quantitative estimate of drug-likeness (QED) is 0.758. The van der Waals surface area contributed by atoms with Crippen LogP contribution in [0, 0.1) is 6.92 Å². The van der Waals surface area contributed by atoms with E-state index in [1.165, 1.54) is 6.92 Å². The number of ether oxygens (including phenoxy) is 1. The van der Waals surface area contributed by atoms with E-state index >= 15 is 0 Å². The van der Waals surface area contributed by atoms with Crippen LogP contribution in [-0.2, 0) is 28.8 Å². The van der Waals surface area contributed by atoms with E-state index in [2.05, 4.69) is 15.3 Å². The number of hydrogen-bond donors (Lipinski definition) is 1. The van der Waals surface area contributed by atoms with Crippen molar-refractivity contribution in [3.8, 4) is 0 Å². The second kappa shape index (κ2) is 9.15. The molecule has 0 bridgehead atoms. The van der Waals surface area contributed by atoms with Crippen LogP contribution in [0.15, 0.2) is 24.3 Å². The van der Waals surface area contributed by atoms with Gasteiger partial charge in [-0.2, -0.15) is 18.3 Å². The number of aryl methyl sites for hydroxylation is 1. The van der Waals surface area contributed by atoms with Gasteiger partial charge in [0.2, 0.25) is 5.91 Å². The third-order valence-corrected chi connectivity index (χ3v) is 5.13. The summed E-state index contributed by atoms with van der Waals surface area (Å²) in [5, 5.41) is 5.85. The maximum absolute atomic E-state index is 12.9. The van der Waals surface area contributed by atoms with E-state index in [0.717, 1.165) is 29.9 Å². The molecule has 1 aliphatic heterocycles. The molecule has 2 heterocycles. The molecule has 158 valence electrons. The van der Waals surface area contributed by atoms with Crippen LogP contribution in [0.25, 0.3) is 0 Å². The van der Waals surface area contributed by atoms with Crippen LogP contribution >= 0.6 is 11.6 Å². The zero-order valence-corrected chi connectivity index (χ0v) is 16.7. The van der Waals surface area contributed by atoms with Crippen molar-refractivity contribution in [1.29, 1.82) is 0 Å². The van der Waals surface area contributed by atoms with Gasteiger partial charge < -0.3 is 10.1 Å². The minimum absolute atomic E-state index is 0.000928. The number of hydrogen-bond acceptors (Lipinski definition) is 4. The molecule has 1 aromatic carbocycles. The summed E-state index contributed by atoms with van der Waals surface area (Å²) >= 11 is 5.73. The lowest BCUT2D eigenvalue weighted by Crippen LogP contribution is -2.35. The van der Waals surface area contributed by atoms with E-state index in [4.69, 9.17) is 16.3 Å². The number of rotatable bonds is 6. The van der Waals surface area contributed by atoms with E-state index in [1.807, 2.05) is 18.2 Å². The summed E-state index contributed by atoms with van der Waals surface area (Å²) in [5.41, 5.74) is 0.758. The number of anilines is 1. The second-order valence-electron chi connectivity index (χ2n) is 6.86. The lowest BCUT2D eigenvalue weighted by Gasteiger charge is -2.26. The van der Waals surface area contributed by atoms with Crippen LogP contribution in [0.1, 0.15) is 23.4 Å². The summed E-state index contributed by atoms with van der Waals surface area (Å²) in [6.07, 6.45) is -4.65. The molecule has 1 aromatic heterocycles. The minimum Gasteiger partial charge on any atom is -0.379 e. The Morgan fingerprint density at radius 2 is 2.03 bits per heavy atom. The number of nitrogens with zero attached hydrogens (tertiary/aromatic N) is 3. The van der Waals surface area contributed by atoms with Gasteiger partial charge in [0.05, 0.1) is 30.5 Å². The van der Waals surface area contributed by atoms with Gasteiger partial charge in [0.1, 0.15) is 0 Å². The van der Waals surface area contributed by atoms with E-state index in [0.29, 0.717) is 18.9 Å². The minimum atomic E-state index is -4.63. The number of amides is 1. The number of carbonyl (C=O) groups is 1. The van der Waals surface area contributed by atoms with Crippen molar-refractivity contribution in [1.82, 2.24) is 14.7 Å². The fourth-order valence-corrected chi connectivity index (χ4v) is 3.36. The molecule has 10 heteroatoms. The number of halogens is 4. The number of alkyl halides is 3. The van der Waals surface area contributed by atoms with Crippen LogP contribution in [0.3, 0.4) is 0 Å². The summed E-state index contributed by atoms with van der Waals surface area (Å²) in [5.74, 6) is -0.312. The highest BCUT2D eigenvalue weighted by Gasteiger charge is 2.38. The van der Waals surface area contributed by atoms with E-state index in [1.54, 1.807) is 6.07 Å². The zero-order chi connectivity index (χ0) is 21.0. The molecular weight excluding hydrogens is 409 g/mol. The average Bonchev–Trinajstić information content (AvgIpc) is 2.96. The molecule has 0 radical (unpaired) electrons. The molecule has 0 saturated carbocycles. The number of aromatic nitrogens is 2.